The van der Waals surface area contributed by atoms with Crippen LogP contribution in [0.1, 0.15) is 58.3 Å². The predicted molar refractivity (Wildman–Crippen MR) is 76.1 cm³/mol. The van der Waals surface area contributed by atoms with Crippen molar-refractivity contribution in [3.05, 3.63) is 22.3 Å². The van der Waals surface area contributed by atoms with Gasteiger partial charge in [0.15, 0.2) is 5.78 Å². The molecule has 3 heteroatoms. The van der Waals surface area contributed by atoms with Gasteiger partial charge in [-0.25, -0.2) is 0 Å². The fourth-order valence-corrected chi connectivity index (χ4v) is 3.89. The SMILES string of the molecule is CCOC(=O)C1CCC2=C(CCC3=C2CCCC3)C1=O. The lowest BCUT2D eigenvalue weighted by Gasteiger charge is -2.33. The molecule has 0 bridgehead atoms. The number of hydrogen-bond donors (Lipinski definition) is 0. The molecule has 0 spiro atoms. The average molecular weight is 274 g/mol. The van der Waals surface area contributed by atoms with Gasteiger partial charge in [0.25, 0.3) is 0 Å². The fraction of sp³-hybridized carbons (Fsp3) is 0.647. The summed E-state index contributed by atoms with van der Waals surface area (Å²) in [6, 6.07) is 0. The number of allylic oxidation sites excluding steroid dienone is 4. The summed E-state index contributed by atoms with van der Waals surface area (Å²) in [6.07, 6.45) is 8.24. The Bertz CT molecular complexity index is 510. The van der Waals surface area contributed by atoms with Gasteiger partial charge in [-0.05, 0) is 75.0 Å². The zero-order chi connectivity index (χ0) is 14.1. The van der Waals surface area contributed by atoms with E-state index in [1.54, 1.807) is 12.5 Å². The third-order valence-corrected chi connectivity index (χ3v) is 4.86. The van der Waals surface area contributed by atoms with Gasteiger partial charge in [-0.2, -0.15) is 0 Å². The maximum absolute atomic E-state index is 12.6. The molecule has 3 aliphatic carbocycles. The summed E-state index contributed by atoms with van der Waals surface area (Å²) in [5, 5.41) is 0. The highest BCUT2D eigenvalue weighted by molar-refractivity contribution is 6.10. The van der Waals surface area contributed by atoms with Gasteiger partial charge in [-0.1, -0.05) is 5.57 Å². The van der Waals surface area contributed by atoms with Crippen molar-refractivity contribution >= 4 is 11.8 Å². The molecule has 0 aromatic rings. The fourth-order valence-electron chi connectivity index (χ4n) is 3.89. The standard InChI is InChI=1S/C17H22O3/c1-2-20-17(19)15-10-9-13-12-6-4-3-5-11(12)7-8-14(13)16(15)18/h15H,2-10H2,1H3. The lowest BCUT2D eigenvalue weighted by atomic mass is 9.71. The maximum atomic E-state index is 12.6. The molecule has 0 radical (unpaired) electrons. The quantitative estimate of drug-likeness (QED) is 0.572. The smallest absolute Gasteiger partial charge is 0.316 e. The Balaban J connectivity index is 1.88. The Labute approximate surface area is 120 Å². The van der Waals surface area contributed by atoms with Crippen LogP contribution >= 0.6 is 0 Å². The van der Waals surface area contributed by atoms with Gasteiger partial charge in [-0.3, -0.25) is 9.59 Å². The Kier molecular flexibility index (Phi) is 3.77. The molecular weight excluding hydrogens is 252 g/mol. The molecule has 0 fully saturated rings. The molecule has 0 aromatic carbocycles. The highest BCUT2D eigenvalue weighted by Crippen LogP contribution is 2.44. The van der Waals surface area contributed by atoms with Crippen LogP contribution in [-0.2, 0) is 14.3 Å². The number of esters is 1. The van der Waals surface area contributed by atoms with Crippen LogP contribution in [0.15, 0.2) is 22.3 Å². The van der Waals surface area contributed by atoms with Gasteiger partial charge in [0.1, 0.15) is 5.92 Å². The van der Waals surface area contributed by atoms with Crippen molar-refractivity contribution < 1.29 is 14.3 Å². The highest BCUT2D eigenvalue weighted by Gasteiger charge is 2.38. The Hall–Kier alpha value is -1.38. The van der Waals surface area contributed by atoms with Crippen LogP contribution in [0.2, 0.25) is 0 Å². The number of rotatable bonds is 2. The second-order valence-electron chi connectivity index (χ2n) is 5.95. The minimum atomic E-state index is -0.542. The predicted octanol–water partition coefficient (Wildman–Crippen LogP) is 3.49. The van der Waals surface area contributed by atoms with Crippen LogP contribution < -0.4 is 0 Å². The lowest BCUT2D eigenvalue weighted by Crippen LogP contribution is -2.32. The van der Waals surface area contributed by atoms with Crippen molar-refractivity contribution in [2.45, 2.75) is 58.3 Å². The van der Waals surface area contributed by atoms with Gasteiger partial charge in [-0.15, -0.1) is 0 Å². The van der Waals surface area contributed by atoms with Crippen LogP contribution in [0.4, 0.5) is 0 Å². The monoisotopic (exact) mass is 274 g/mol. The van der Waals surface area contributed by atoms with Crippen LogP contribution in [0.25, 0.3) is 0 Å². The Morgan fingerprint density at radius 2 is 1.85 bits per heavy atom. The molecule has 0 heterocycles. The number of carbonyl (C=O) groups is 2. The third kappa shape index (κ3) is 2.23. The number of carbonyl (C=O) groups excluding carboxylic acids is 2. The molecule has 3 rings (SSSR count). The largest absolute Gasteiger partial charge is 0.465 e. The molecule has 1 unspecified atom stereocenters. The van der Waals surface area contributed by atoms with E-state index in [1.165, 1.54) is 30.4 Å². The first-order chi connectivity index (χ1) is 9.72. The number of Topliss-reactive ketones (excluding diaryl/α,β-unsaturated/α-hetero) is 1. The summed E-state index contributed by atoms with van der Waals surface area (Å²) in [5.41, 5.74) is 5.27. The summed E-state index contributed by atoms with van der Waals surface area (Å²) < 4.78 is 5.04. The molecule has 0 saturated carbocycles. The number of ketones is 1. The van der Waals surface area contributed by atoms with Crippen molar-refractivity contribution in [3.63, 3.8) is 0 Å². The second-order valence-corrected chi connectivity index (χ2v) is 5.95. The zero-order valence-corrected chi connectivity index (χ0v) is 12.2. The molecule has 0 aromatic heterocycles. The van der Waals surface area contributed by atoms with E-state index in [2.05, 4.69) is 0 Å². The third-order valence-electron chi connectivity index (χ3n) is 4.86. The van der Waals surface area contributed by atoms with E-state index in [4.69, 9.17) is 4.74 Å². The first-order valence-corrected chi connectivity index (χ1v) is 7.86. The van der Waals surface area contributed by atoms with Gasteiger partial charge < -0.3 is 4.74 Å². The molecule has 0 amide bonds. The van der Waals surface area contributed by atoms with Gasteiger partial charge in [0.05, 0.1) is 6.61 Å². The molecule has 1 atom stereocenters. The van der Waals surface area contributed by atoms with E-state index in [1.807, 2.05) is 0 Å². The van der Waals surface area contributed by atoms with E-state index in [0.717, 1.165) is 31.3 Å². The van der Waals surface area contributed by atoms with E-state index in [9.17, 15) is 9.59 Å². The lowest BCUT2D eigenvalue weighted by molar-refractivity contribution is -0.151. The molecule has 0 saturated heterocycles. The van der Waals surface area contributed by atoms with Gasteiger partial charge >= 0.3 is 5.97 Å². The number of fused-ring (bicyclic) bond motifs is 1. The first-order valence-electron chi connectivity index (χ1n) is 7.86. The summed E-state index contributed by atoms with van der Waals surface area (Å²) in [5.74, 6) is -0.825. The maximum Gasteiger partial charge on any atom is 0.316 e. The first kappa shape index (κ1) is 13.6. The van der Waals surface area contributed by atoms with E-state index in [-0.39, 0.29) is 11.8 Å². The van der Waals surface area contributed by atoms with E-state index < -0.39 is 5.92 Å². The summed E-state index contributed by atoms with van der Waals surface area (Å²) in [6.45, 7) is 2.14. The second kappa shape index (κ2) is 5.55. The van der Waals surface area contributed by atoms with Crippen LogP contribution in [0.3, 0.4) is 0 Å². The summed E-state index contributed by atoms with van der Waals surface area (Å²) in [4.78, 5) is 24.5. The topological polar surface area (TPSA) is 43.4 Å². The number of ether oxygens (including phenoxy) is 1. The molecule has 108 valence electrons. The number of hydrogen-bond acceptors (Lipinski definition) is 3. The van der Waals surface area contributed by atoms with Gasteiger partial charge in [0, 0.05) is 0 Å². The minimum Gasteiger partial charge on any atom is -0.465 e. The molecule has 0 aliphatic heterocycles. The van der Waals surface area contributed by atoms with Crippen molar-refractivity contribution in [2.24, 2.45) is 5.92 Å². The summed E-state index contributed by atoms with van der Waals surface area (Å²) in [7, 11) is 0. The highest BCUT2D eigenvalue weighted by atomic mass is 16.5. The van der Waals surface area contributed by atoms with E-state index >= 15 is 0 Å². The average Bonchev–Trinajstić information content (AvgIpc) is 2.47. The zero-order valence-electron chi connectivity index (χ0n) is 12.2. The van der Waals surface area contributed by atoms with E-state index in [0.29, 0.717) is 13.0 Å². The van der Waals surface area contributed by atoms with Crippen LogP contribution in [-0.4, -0.2) is 18.4 Å². The van der Waals surface area contributed by atoms with Crippen LogP contribution in [0.5, 0.6) is 0 Å². The molecule has 20 heavy (non-hydrogen) atoms. The van der Waals surface area contributed by atoms with Crippen molar-refractivity contribution in [3.8, 4) is 0 Å². The molecule has 0 N–H and O–H groups in total. The Morgan fingerprint density at radius 1 is 1.05 bits per heavy atom. The van der Waals surface area contributed by atoms with Gasteiger partial charge in [0.2, 0.25) is 0 Å². The molecule has 3 nitrogen and oxygen atoms in total. The Morgan fingerprint density at radius 3 is 2.65 bits per heavy atom. The van der Waals surface area contributed by atoms with Crippen molar-refractivity contribution in [2.75, 3.05) is 6.61 Å². The molecular formula is C17H22O3. The van der Waals surface area contributed by atoms with Crippen molar-refractivity contribution in [1.29, 1.82) is 0 Å². The van der Waals surface area contributed by atoms with Crippen molar-refractivity contribution in [1.82, 2.24) is 0 Å². The molecule has 3 aliphatic rings. The summed E-state index contributed by atoms with van der Waals surface area (Å²) >= 11 is 0. The van der Waals surface area contributed by atoms with Crippen LogP contribution in [0, 0.1) is 5.92 Å². The normalized spacial score (nSPS) is 26.2. The minimum absolute atomic E-state index is 0.0434.